The molecule has 0 amide bonds. The Kier molecular flexibility index (Phi) is 3.54. The van der Waals surface area contributed by atoms with E-state index >= 15 is 0 Å². The molecule has 0 spiro atoms. The van der Waals surface area contributed by atoms with Gasteiger partial charge in [0.05, 0.1) is 18.5 Å². The lowest BCUT2D eigenvalue weighted by Crippen LogP contribution is -2.36. The minimum atomic E-state index is -0.0794. The van der Waals surface area contributed by atoms with Crippen molar-refractivity contribution in [3.05, 3.63) is 36.5 Å². The number of methoxy groups -OCH3 is 1. The number of hydrogen-bond acceptors (Lipinski definition) is 4. The van der Waals surface area contributed by atoms with Crippen molar-refractivity contribution in [1.29, 1.82) is 0 Å². The number of piperidine rings is 1. The van der Waals surface area contributed by atoms with Gasteiger partial charge in [0, 0.05) is 30.4 Å². The highest BCUT2D eigenvalue weighted by atomic mass is 16.5. The minimum Gasteiger partial charge on any atom is -0.469 e. The molecular formula is C16H18N2O2. The first kappa shape index (κ1) is 12.9. The zero-order chi connectivity index (χ0) is 13.9. The number of aromatic nitrogens is 1. The monoisotopic (exact) mass is 270 g/mol. The number of pyridine rings is 1. The summed E-state index contributed by atoms with van der Waals surface area (Å²) in [7, 11) is 1.46. The van der Waals surface area contributed by atoms with E-state index in [1.165, 1.54) is 18.2 Å². The topological polar surface area (TPSA) is 42.4 Å². The van der Waals surface area contributed by atoms with E-state index in [-0.39, 0.29) is 11.9 Å². The van der Waals surface area contributed by atoms with Crippen molar-refractivity contribution in [3.8, 4) is 0 Å². The van der Waals surface area contributed by atoms with Crippen LogP contribution in [0, 0.1) is 5.92 Å². The van der Waals surface area contributed by atoms with Gasteiger partial charge in [0.2, 0.25) is 0 Å². The molecule has 104 valence electrons. The quantitative estimate of drug-likeness (QED) is 0.787. The Morgan fingerprint density at radius 3 is 2.75 bits per heavy atom. The zero-order valence-corrected chi connectivity index (χ0v) is 11.6. The number of esters is 1. The molecule has 2 aromatic rings. The van der Waals surface area contributed by atoms with E-state index < -0.39 is 0 Å². The van der Waals surface area contributed by atoms with Gasteiger partial charge in [-0.3, -0.25) is 9.78 Å². The molecule has 0 radical (unpaired) electrons. The van der Waals surface area contributed by atoms with E-state index in [0.29, 0.717) is 0 Å². The van der Waals surface area contributed by atoms with Crippen LogP contribution >= 0.6 is 0 Å². The first-order valence-electron chi connectivity index (χ1n) is 6.96. The van der Waals surface area contributed by atoms with Gasteiger partial charge in [0.15, 0.2) is 0 Å². The molecule has 4 nitrogen and oxygen atoms in total. The Balaban J connectivity index is 1.82. The lowest BCUT2D eigenvalue weighted by Gasteiger charge is -2.33. The molecule has 1 aromatic carbocycles. The molecule has 1 aromatic heterocycles. The average Bonchev–Trinajstić information content (AvgIpc) is 2.54. The number of ether oxygens (including phenoxy) is 1. The summed E-state index contributed by atoms with van der Waals surface area (Å²) in [5.41, 5.74) is 2.22. The maximum absolute atomic E-state index is 11.6. The molecule has 0 atom stereocenters. The summed E-state index contributed by atoms with van der Waals surface area (Å²) in [4.78, 5) is 18.3. The first-order chi connectivity index (χ1) is 9.79. The smallest absolute Gasteiger partial charge is 0.308 e. The number of nitrogens with zero attached hydrogens (tertiary/aromatic N) is 2. The van der Waals surface area contributed by atoms with Gasteiger partial charge in [-0.05, 0) is 25.0 Å². The van der Waals surface area contributed by atoms with Gasteiger partial charge in [-0.15, -0.1) is 0 Å². The van der Waals surface area contributed by atoms with E-state index in [4.69, 9.17) is 4.74 Å². The summed E-state index contributed by atoms with van der Waals surface area (Å²) < 4.78 is 4.83. The number of hydrogen-bond donors (Lipinski definition) is 0. The van der Waals surface area contributed by atoms with E-state index in [1.807, 2.05) is 24.4 Å². The van der Waals surface area contributed by atoms with E-state index in [1.54, 1.807) is 0 Å². The van der Waals surface area contributed by atoms with Crippen LogP contribution in [-0.4, -0.2) is 31.2 Å². The highest BCUT2D eigenvalue weighted by molar-refractivity contribution is 5.91. The maximum Gasteiger partial charge on any atom is 0.308 e. The van der Waals surface area contributed by atoms with Crippen LogP contribution in [0.2, 0.25) is 0 Å². The molecule has 1 fully saturated rings. The van der Waals surface area contributed by atoms with Crippen molar-refractivity contribution in [2.75, 3.05) is 25.1 Å². The van der Waals surface area contributed by atoms with Crippen LogP contribution in [0.25, 0.3) is 10.9 Å². The lowest BCUT2D eigenvalue weighted by atomic mass is 9.96. The fraction of sp³-hybridized carbons (Fsp3) is 0.375. The van der Waals surface area contributed by atoms with Gasteiger partial charge >= 0.3 is 5.97 Å². The van der Waals surface area contributed by atoms with Gasteiger partial charge in [-0.25, -0.2) is 0 Å². The van der Waals surface area contributed by atoms with Gasteiger partial charge < -0.3 is 9.64 Å². The van der Waals surface area contributed by atoms with Gasteiger partial charge in [-0.2, -0.15) is 0 Å². The van der Waals surface area contributed by atoms with Crippen molar-refractivity contribution in [2.45, 2.75) is 12.8 Å². The number of carbonyl (C=O) groups excluding carboxylic acids is 1. The Hall–Kier alpha value is -2.10. The predicted molar refractivity (Wildman–Crippen MR) is 78.7 cm³/mol. The van der Waals surface area contributed by atoms with Crippen molar-refractivity contribution in [2.24, 2.45) is 5.92 Å². The summed E-state index contributed by atoms with van der Waals surface area (Å²) in [5.74, 6) is -0.0337. The van der Waals surface area contributed by atoms with Crippen molar-refractivity contribution in [3.63, 3.8) is 0 Å². The fourth-order valence-electron chi connectivity index (χ4n) is 2.88. The van der Waals surface area contributed by atoms with E-state index in [2.05, 4.69) is 22.0 Å². The van der Waals surface area contributed by atoms with Crippen molar-refractivity contribution < 1.29 is 9.53 Å². The van der Waals surface area contributed by atoms with Gasteiger partial charge in [0.1, 0.15) is 0 Å². The summed E-state index contributed by atoms with van der Waals surface area (Å²) in [6.07, 6.45) is 3.55. The van der Waals surface area contributed by atoms with Crippen molar-refractivity contribution >= 4 is 22.6 Å². The van der Waals surface area contributed by atoms with Crippen LogP contribution in [0.5, 0.6) is 0 Å². The number of para-hydroxylation sites is 1. The third-order valence-electron chi connectivity index (χ3n) is 4.00. The molecule has 3 rings (SSSR count). The SMILES string of the molecule is COC(=O)C1CCN(c2ccnc3ccccc23)CC1. The third-order valence-corrected chi connectivity index (χ3v) is 4.00. The second-order valence-corrected chi connectivity index (χ2v) is 5.13. The standard InChI is InChI=1S/C16H18N2O2/c1-20-16(19)12-7-10-18(11-8-12)15-6-9-17-14-5-3-2-4-13(14)15/h2-6,9,12H,7-8,10-11H2,1H3. The summed E-state index contributed by atoms with van der Waals surface area (Å²) >= 11 is 0. The molecule has 0 saturated carbocycles. The Labute approximate surface area is 118 Å². The lowest BCUT2D eigenvalue weighted by molar-refractivity contribution is -0.146. The van der Waals surface area contributed by atoms with E-state index in [0.717, 1.165) is 31.4 Å². The average molecular weight is 270 g/mol. The zero-order valence-electron chi connectivity index (χ0n) is 11.6. The van der Waals surface area contributed by atoms with Gasteiger partial charge in [0.25, 0.3) is 0 Å². The number of carbonyl (C=O) groups is 1. The van der Waals surface area contributed by atoms with Gasteiger partial charge in [-0.1, -0.05) is 18.2 Å². The molecule has 0 unspecified atom stereocenters. The van der Waals surface area contributed by atoms with E-state index in [9.17, 15) is 4.79 Å². The molecule has 2 heterocycles. The number of anilines is 1. The molecule has 0 N–H and O–H groups in total. The molecule has 1 aliphatic rings. The molecule has 0 aliphatic carbocycles. The molecule has 4 heteroatoms. The van der Waals surface area contributed by atoms with Crippen LogP contribution in [0.3, 0.4) is 0 Å². The Bertz CT molecular complexity index is 613. The van der Waals surface area contributed by atoms with Crippen LogP contribution < -0.4 is 4.90 Å². The number of rotatable bonds is 2. The highest BCUT2D eigenvalue weighted by Gasteiger charge is 2.26. The molecular weight excluding hydrogens is 252 g/mol. The largest absolute Gasteiger partial charge is 0.469 e. The second kappa shape index (κ2) is 5.49. The minimum absolute atomic E-state index is 0.0457. The molecule has 1 saturated heterocycles. The second-order valence-electron chi connectivity index (χ2n) is 5.13. The number of fused-ring (bicyclic) bond motifs is 1. The molecule has 20 heavy (non-hydrogen) atoms. The first-order valence-corrected chi connectivity index (χ1v) is 6.96. The highest BCUT2D eigenvalue weighted by Crippen LogP contribution is 2.29. The summed E-state index contributed by atoms with van der Waals surface area (Å²) in [5, 5.41) is 1.17. The predicted octanol–water partition coefficient (Wildman–Crippen LogP) is 2.62. The van der Waals surface area contributed by atoms with Crippen LogP contribution in [-0.2, 0) is 9.53 Å². The van der Waals surface area contributed by atoms with Crippen molar-refractivity contribution in [1.82, 2.24) is 4.98 Å². The summed E-state index contributed by atoms with van der Waals surface area (Å²) in [6.45, 7) is 1.77. The third kappa shape index (κ3) is 2.33. The van der Waals surface area contributed by atoms with Crippen LogP contribution in [0.15, 0.2) is 36.5 Å². The maximum atomic E-state index is 11.6. The normalized spacial score (nSPS) is 16.4. The molecule has 1 aliphatic heterocycles. The van der Waals surface area contributed by atoms with Crippen LogP contribution in [0.4, 0.5) is 5.69 Å². The number of benzene rings is 1. The summed E-state index contributed by atoms with van der Waals surface area (Å²) in [6, 6.07) is 10.2. The molecule has 0 bridgehead atoms. The fourth-order valence-corrected chi connectivity index (χ4v) is 2.88. The Morgan fingerprint density at radius 2 is 2.00 bits per heavy atom. The Morgan fingerprint density at radius 1 is 1.25 bits per heavy atom. The van der Waals surface area contributed by atoms with Crippen LogP contribution in [0.1, 0.15) is 12.8 Å².